The quantitative estimate of drug-likeness (QED) is 0.255. The lowest BCUT2D eigenvalue weighted by Crippen LogP contribution is -2.36. The zero-order valence-corrected chi connectivity index (χ0v) is 20.1. The molecule has 2 heterocycles. The lowest BCUT2D eigenvalue weighted by molar-refractivity contribution is -0.384. The van der Waals surface area contributed by atoms with Crippen LogP contribution in [0.15, 0.2) is 52.9 Å². The first-order valence-electron chi connectivity index (χ1n) is 11.3. The maximum Gasteiger partial charge on any atom is 0.270 e. The second-order valence-electron chi connectivity index (χ2n) is 8.37. The number of aryl methyl sites for hydroxylation is 1. The van der Waals surface area contributed by atoms with Crippen LogP contribution in [-0.2, 0) is 6.61 Å². The molecule has 0 aliphatic carbocycles. The number of rotatable bonds is 6. The number of carbonyl (C=O) groups excluding carboxylic acids is 1. The van der Waals surface area contributed by atoms with Gasteiger partial charge in [-0.05, 0) is 80.4 Å². The van der Waals surface area contributed by atoms with Gasteiger partial charge in [-0.3, -0.25) is 20.2 Å². The van der Waals surface area contributed by atoms with Gasteiger partial charge in [0.2, 0.25) is 0 Å². The van der Waals surface area contributed by atoms with Crippen molar-refractivity contribution in [2.24, 2.45) is 0 Å². The standard InChI is InChI=1S/C25H26N4O5S/c1-16-13-17(5-8-20(16)23-10-7-19(15-30)34-23)26-25(35)27-24(31)21-14-18(29(32)33)6-9-22(21)28-11-3-2-4-12-28/h5-10,13-14,30H,2-4,11-12,15H2,1H3,(H2,26,27,31,35). The molecule has 2 aromatic carbocycles. The predicted octanol–water partition coefficient (Wildman–Crippen LogP) is 4.77. The van der Waals surface area contributed by atoms with Crippen molar-refractivity contribution < 1.29 is 19.2 Å². The van der Waals surface area contributed by atoms with Crippen molar-refractivity contribution in [2.75, 3.05) is 23.3 Å². The van der Waals surface area contributed by atoms with Gasteiger partial charge >= 0.3 is 0 Å². The van der Waals surface area contributed by atoms with E-state index in [-0.39, 0.29) is 23.0 Å². The highest BCUT2D eigenvalue weighted by Crippen LogP contribution is 2.29. The zero-order valence-electron chi connectivity index (χ0n) is 19.2. The van der Waals surface area contributed by atoms with Gasteiger partial charge in [-0.2, -0.15) is 0 Å². The van der Waals surface area contributed by atoms with Gasteiger partial charge in [0.25, 0.3) is 11.6 Å². The number of hydrogen-bond acceptors (Lipinski definition) is 7. The van der Waals surface area contributed by atoms with Crippen LogP contribution in [0.5, 0.6) is 0 Å². The van der Waals surface area contributed by atoms with Crippen molar-refractivity contribution in [3.8, 4) is 11.3 Å². The van der Waals surface area contributed by atoms with Gasteiger partial charge in [-0.25, -0.2) is 0 Å². The molecule has 1 aliphatic heterocycles. The van der Waals surface area contributed by atoms with Gasteiger partial charge < -0.3 is 19.7 Å². The van der Waals surface area contributed by atoms with Gasteiger partial charge in [0.1, 0.15) is 18.1 Å². The molecule has 1 saturated heterocycles. The number of nitro groups is 1. The molecule has 3 N–H and O–H groups in total. The molecule has 0 spiro atoms. The summed E-state index contributed by atoms with van der Waals surface area (Å²) in [5, 5.41) is 26.3. The normalized spacial score (nSPS) is 13.4. The van der Waals surface area contributed by atoms with Crippen molar-refractivity contribution in [3.63, 3.8) is 0 Å². The summed E-state index contributed by atoms with van der Waals surface area (Å²) in [6, 6.07) is 13.4. The average molecular weight is 495 g/mol. The van der Waals surface area contributed by atoms with Crippen molar-refractivity contribution in [3.05, 3.63) is 75.5 Å². The Hall–Kier alpha value is -3.76. The summed E-state index contributed by atoms with van der Waals surface area (Å²) in [4.78, 5) is 26.0. The fraction of sp³-hybridized carbons (Fsp3) is 0.280. The van der Waals surface area contributed by atoms with Crippen molar-refractivity contribution in [1.82, 2.24) is 5.32 Å². The van der Waals surface area contributed by atoms with Crippen LogP contribution >= 0.6 is 12.2 Å². The molecule has 10 heteroatoms. The number of non-ortho nitro benzene ring substituents is 1. The Labute approximate surface area is 207 Å². The molecule has 9 nitrogen and oxygen atoms in total. The summed E-state index contributed by atoms with van der Waals surface area (Å²) < 4.78 is 5.60. The Morgan fingerprint density at radius 3 is 2.57 bits per heavy atom. The van der Waals surface area contributed by atoms with Crippen LogP contribution in [0.3, 0.4) is 0 Å². The first-order chi connectivity index (χ1) is 16.9. The smallest absolute Gasteiger partial charge is 0.270 e. The number of anilines is 2. The molecule has 0 atom stereocenters. The van der Waals surface area contributed by atoms with Gasteiger partial charge in [-0.1, -0.05) is 0 Å². The minimum absolute atomic E-state index is 0.0822. The molecule has 3 aromatic rings. The first-order valence-corrected chi connectivity index (χ1v) is 11.7. The maximum absolute atomic E-state index is 13.1. The molecule has 35 heavy (non-hydrogen) atoms. The molecule has 1 aromatic heterocycles. The summed E-state index contributed by atoms with van der Waals surface area (Å²) in [6.07, 6.45) is 3.14. The van der Waals surface area contributed by atoms with Crippen molar-refractivity contribution in [2.45, 2.75) is 32.8 Å². The molecule has 182 valence electrons. The summed E-state index contributed by atoms with van der Waals surface area (Å²) in [5.41, 5.74) is 3.18. The SMILES string of the molecule is Cc1cc(NC(=S)NC(=O)c2cc([N+](=O)[O-])ccc2N2CCCCC2)ccc1-c1ccc(CO)o1. The fourth-order valence-corrected chi connectivity index (χ4v) is 4.40. The van der Waals surface area contributed by atoms with E-state index in [1.54, 1.807) is 24.3 Å². The van der Waals surface area contributed by atoms with Crippen LogP contribution in [0.25, 0.3) is 11.3 Å². The Bertz CT molecular complexity index is 1270. The molecule has 0 unspecified atom stereocenters. The number of benzene rings is 2. The Balaban J connectivity index is 1.49. The second-order valence-corrected chi connectivity index (χ2v) is 8.78. The minimum atomic E-state index is -0.514. The third kappa shape index (κ3) is 5.67. The number of nitro benzene ring substituents is 1. The Kier molecular flexibility index (Phi) is 7.42. The van der Waals surface area contributed by atoms with Crippen LogP contribution in [0.4, 0.5) is 17.1 Å². The van der Waals surface area contributed by atoms with Crippen molar-refractivity contribution in [1.29, 1.82) is 0 Å². The molecule has 0 saturated carbocycles. The fourth-order valence-electron chi connectivity index (χ4n) is 4.19. The van der Waals surface area contributed by atoms with Crippen LogP contribution in [0, 0.1) is 17.0 Å². The van der Waals surface area contributed by atoms with Gasteiger partial charge in [0.15, 0.2) is 5.11 Å². The molecular formula is C25H26N4O5S. The maximum atomic E-state index is 13.1. The van der Waals surface area contributed by atoms with Crippen LogP contribution in [0.2, 0.25) is 0 Å². The van der Waals surface area contributed by atoms with Crippen molar-refractivity contribution >= 4 is 40.3 Å². The second kappa shape index (κ2) is 10.7. The molecule has 1 aliphatic rings. The Morgan fingerprint density at radius 2 is 1.91 bits per heavy atom. The van der Waals surface area contributed by atoms with E-state index in [0.717, 1.165) is 43.5 Å². The van der Waals surface area contributed by atoms with Gasteiger partial charge in [-0.15, -0.1) is 0 Å². The number of hydrogen-bond donors (Lipinski definition) is 3. The highest BCUT2D eigenvalue weighted by Gasteiger charge is 2.22. The average Bonchev–Trinajstić information content (AvgIpc) is 3.33. The summed E-state index contributed by atoms with van der Waals surface area (Å²) >= 11 is 5.35. The number of amides is 1. The number of aliphatic hydroxyl groups is 1. The number of carbonyl (C=O) groups is 1. The molecule has 1 fully saturated rings. The Morgan fingerprint density at radius 1 is 1.14 bits per heavy atom. The van der Waals surface area contributed by atoms with Crippen LogP contribution in [-0.4, -0.2) is 34.1 Å². The first kappa shape index (κ1) is 24.4. The molecular weight excluding hydrogens is 468 g/mol. The number of furan rings is 1. The summed E-state index contributed by atoms with van der Waals surface area (Å²) in [7, 11) is 0. The van der Waals surface area contributed by atoms with E-state index in [4.69, 9.17) is 16.6 Å². The van der Waals surface area contributed by atoms with Crippen LogP contribution < -0.4 is 15.5 Å². The third-order valence-corrected chi connectivity index (χ3v) is 6.13. The minimum Gasteiger partial charge on any atom is -0.459 e. The number of thiocarbonyl (C=S) groups is 1. The number of nitrogens with zero attached hydrogens (tertiary/aromatic N) is 2. The van der Waals surface area contributed by atoms with E-state index in [1.165, 1.54) is 12.1 Å². The van der Waals surface area contributed by atoms with E-state index >= 15 is 0 Å². The van der Waals surface area contributed by atoms with Gasteiger partial charge in [0.05, 0.1) is 16.2 Å². The van der Waals surface area contributed by atoms with E-state index in [2.05, 4.69) is 15.5 Å². The number of nitrogens with one attached hydrogen (secondary N) is 2. The van der Waals surface area contributed by atoms with E-state index in [9.17, 15) is 20.0 Å². The molecule has 0 bridgehead atoms. The van der Waals surface area contributed by atoms with E-state index in [1.807, 2.05) is 19.1 Å². The topological polar surface area (TPSA) is 121 Å². The molecule has 4 rings (SSSR count). The number of aliphatic hydroxyl groups excluding tert-OH is 1. The lowest BCUT2D eigenvalue weighted by Gasteiger charge is -2.30. The molecule has 1 amide bonds. The lowest BCUT2D eigenvalue weighted by atomic mass is 10.1. The highest BCUT2D eigenvalue weighted by molar-refractivity contribution is 7.80. The van der Waals surface area contributed by atoms with Gasteiger partial charge in [0, 0.05) is 36.5 Å². The largest absolute Gasteiger partial charge is 0.459 e. The summed E-state index contributed by atoms with van der Waals surface area (Å²) in [5.74, 6) is 0.618. The third-order valence-electron chi connectivity index (χ3n) is 5.93. The predicted molar refractivity (Wildman–Crippen MR) is 138 cm³/mol. The zero-order chi connectivity index (χ0) is 24.9. The monoisotopic (exact) mass is 494 g/mol. The molecule has 0 radical (unpaired) electrons. The van der Waals surface area contributed by atoms with Crippen LogP contribution in [0.1, 0.15) is 40.9 Å². The highest BCUT2D eigenvalue weighted by atomic mass is 32.1. The van der Waals surface area contributed by atoms with E-state index in [0.29, 0.717) is 22.9 Å². The number of piperidine rings is 1. The van der Waals surface area contributed by atoms with E-state index < -0.39 is 10.8 Å². The summed E-state index contributed by atoms with van der Waals surface area (Å²) in [6.45, 7) is 3.33.